The van der Waals surface area contributed by atoms with Gasteiger partial charge in [-0.15, -0.1) is 11.3 Å². The van der Waals surface area contributed by atoms with E-state index >= 15 is 0 Å². The van der Waals surface area contributed by atoms with Crippen molar-refractivity contribution in [2.75, 3.05) is 23.9 Å². The van der Waals surface area contributed by atoms with Gasteiger partial charge in [-0.1, -0.05) is 12.1 Å². The Hall–Kier alpha value is -2.57. The Kier molecular flexibility index (Phi) is 6.19. The third-order valence-electron chi connectivity index (χ3n) is 5.37. The molecule has 1 aromatic carbocycles. The molecule has 4 atom stereocenters. The van der Waals surface area contributed by atoms with Crippen molar-refractivity contribution in [1.82, 2.24) is 15.0 Å². The first-order chi connectivity index (χ1) is 15.2. The Morgan fingerprint density at radius 1 is 1.12 bits per heavy atom. The standard InChI is InChI=1S/C20H21F4N5O2S/c1-9-14(18-28-11-4-2-3-5-13(11)32-18)17(29-19(26-9)25-8-20(22,23)24)27-12-6-10(7-21)15(30)16(12)31/h2-5,10,12,15-16,30-31H,6-8H2,1H3,(H2,25,26,27,29)/t10-,12?,15-,16+/m1/s1. The summed E-state index contributed by atoms with van der Waals surface area (Å²) in [5.41, 5.74) is 1.58. The van der Waals surface area contributed by atoms with Crippen LogP contribution in [0.15, 0.2) is 24.3 Å². The van der Waals surface area contributed by atoms with Crippen LogP contribution in [0.3, 0.4) is 0 Å². The smallest absolute Gasteiger partial charge is 0.390 e. The van der Waals surface area contributed by atoms with Crippen LogP contribution in [-0.2, 0) is 0 Å². The highest BCUT2D eigenvalue weighted by molar-refractivity contribution is 7.21. The molecule has 1 aliphatic carbocycles. The number of hydrogen-bond donors (Lipinski definition) is 4. The number of anilines is 2. The summed E-state index contributed by atoms with van der Waals surface area (Å²) in [6.07, 6.45) is -6.85. The summed E-state index contributed by atoms with van der Waals surface area (Å²) in [5.74, 6) is -0.849. The molecule has 2 heterocycles. The molecule has 3 aromatic rings. The van der Waals surface area contributed by atoms with Crippen LogP contribution < -0.4 is 10.6 Å². The molecule has 1 aliphatic rings. The lowest BCUT2D eigenvalue weighted by molar-refractivity contribution is -0.115. The lowest BCUT2D eigenvalue weighted by Crippen LogP contribution is -2.35. The minimum atomic E-state index is -4.46. The quantitative estimate of drug-likeness (QED) is 0.408. The predicted molar refractivity (Wildman–Crippen MR) is 113 cm³/mol. The molecule has 1 fully saturated rings. The normalized spacial score (nSPS) is 23.6. The number of benzene rings is 1. The van der Waals surface area contributed by atoms with Crippen LogP contribution in [-0.4, -0.2) is 62.8 Å². The Bertz CT molecular complexity index is 1080. The number of aryl methyl sites for hydroxylation is 1. The predicted octanol–water partition coefficient (Wildman–Crippen LogP) is 3.53. The van der Waals surface area contributed by atoms with E-state index in [9.17, 15) is 27.8 Å². The van der Waals surface area contributed by atoms with Gasteiger partial charge in [0.1, 0.15) is 23.5 Å². The summed E-state index contributed by atoms with van der Waals surface area (Å²) < 4.78 is 52.1. The summed E-state index contributed by atoms with van der Waals surface area (Å²) in [4.78, 5) is 12.9. The Labute approximate surface area is 184 Å². The summed E-state index contributed by atoms with van der Waals surface area (Å²) in [6, 6.07) is 6.68. The third-order valence-corrected chi connectivity index (χ3v) is 6.42. The van der Waals surface area contributed by atoms with Crippen molar-refractivity contribution in [3.63, 3.8) is 0 Å². The van der Waals surface area contributed by atoms with Gasteiger partial charge in [-0.3, -0.25) is 4.39 Å². The molecule has 4 rings (SSSR count). The third kappa shape index (κ3) is 4.62. The van der Waals surface area contributed by atoms with Gasteiger partial charge in [0.05, 0.1) is 40.3 Å². The van der Waals surface area contributed by atoms with Crippen molar-refractivity contribution in [3.8, 4) is 10.6 Å². The number of aliphatic hydroxyl groups is 2. The van der Waals surface area contributed by atoms with Crippen LogP contribution in [0.2, 0.25) is 0 Å². The lowest BCUT2D eigenvalue weighted by Gasteiger charge is -2.21. The SMILES string of the molecule is Cc1nc(NCC(F)(F)F)nc(NC2C[C@H](CF)[C@@H](O)[C@H]2O)c1-c1nc2ccccc2s1. The van der Waals surface area contributed by atoms with E-state index in [4.69, 9.17) is 0 Å². The van der Waals surface area contributed by atoms with Crippen LogP contribution in [0.4, 0.5) is 29.3 Å². The van der Waals surface area contributed by atoms with E-state index in [0.717, 1.165) is 10.2 Å². The van der Waals surface area contributed by atoms with Gasteiger partial charge in [0.15, 0.2) is 0 Å². The number of aromatic nitrogens is 3. The Morgan fingerprint density at radius 3 is 2.53 bits per heavy atom. The minimum Gasteiger partial charge on any atom is -0.390 e. The molecule has 0 saturated heterocycles. The minimum absolute atomic E-state index is 0.131. The highest BCUT2D eigenvalue weighted by Crippen LogP contribution is 2.38. The van der Waals surface area contributed by atoms with Gasteiger partial charge in [-0.2, -0.15) is 18.2 Å². The van der Waals surface area contributed by atoms with Crippen LogP contribution in [0.1, 0.15) is 12.1 Å². The van der Waals surface area contributed by atoms with Crippen molar-refractivity contribution in [2.45, 2.75) is 37.8 Å². The monoisotopic (exact) mass is 471 g/mol. The highest BCUT2D eigenvalue weighted by atomic mass is 32.1. The molecule has 4 N–H and O–H groups in total. The van der Waals surface area contributed by atoms with Crippen LogP contribution in [0.25, 0.3) is 20.8 Å². The number of fused-ring (bicyclic) bond motifs is 1. The van der Waals surface area contributed by atoms with Gasteiger partial charge in [0.25, 0.3) is 0 Å². The van der Waals surface area contributed by atoms with E-state index in [2.05, 4.69) is 25.6 Å². The van der Waals surface area contributed by atoms with E-state index in [-0.39, 0.29) is 18.2 Å². The second-order valence-electron chi connectivity index (χ2n) is 7.69. The molecule has 0 aliphatic heterocycles. The van der Waals surface area contributed by atoms with E-state index in [0.29, 0.717) is 16.3 Å². The topological polar surface area (TPSA) is 103 Å². The van der Waals surface area contributed by atoms with Gasteiger partial charge >= 0.3 is 6.18 Å². The maximum absolute atomic E-state index is 13.2. The highest BCUT2D eigenvalue weighted by Gasteiger charge is 2.42. The number of para-hydroxylation sites is 1. The summed E-state index contributed by atoms with van der Waals surface area (Å²) >= 11 is 1.36. The Morgan fingerprint density at radius 2 is 1.88 bits per heavy atom. The van der Waals surface area contributed by atoms with Gasteiger partial charge in [-0.25, -0.2) is 9.97 Å². The molecule has 0 spiro atoms. The van der Waals surface area contributed by atoms with E-state index in [1.54, 1.807) is 6.92 Å². The number of thiazole rings is 1. The molecular weight excluding hydrogens is 450 g/mol. The molecule has 12 heteroatoms. The molecule has 1 saturated carbocycles. The average Bonchev–Trinajstić information content (AvgIpc) is 3.27. The van der Waals surface area contributed by atoms with Crippen molar-refractivity contribution in [2.24, 2.45) is 5.92 Å². The van der Waals surface area contributed by atoms with Crippen molar-refractivity contribution in [3.05, 3.63) is 30.0 Å². The fourth-order valence-electron chi connectivity index (χ4n) is 3.77. The van der Waals surface area contributed by atoms with E-state index in [1.807, 2.05) is 24.3 Å². The molecule has 0 bridgehead atoms. The number of nitrogens with zero attached hydrogens (tertiary/aromatic N) is 3. The molecule has 7 nitrogen and oxygen atoms in total. The average molecular weight is 471 g/mol. The number of hydrogen-bond acceptors (Lipinski definition) is 8. The fourth-order valence-corrected chi connectivity index (χ4v) is 4.83. The zero-order valence-corrected chi connectivity index (χ0v) is 17.7. The lowest BCUT2D eigenvalue weighted by atomic mass is 10.1. The molecule has 1 unspecified atom stereocenters. The summed E-state index contributed by atoms with van der Waals surface area (Å²) in [7, 11) is 0. The molecular formula is C20H21F4N5O2S. The number of alkyl halides is 4. The largest absolute Gasteiger partial charge is 0.405 e. The zero-order chi connectivity index (χ0) is 23.0. The zero-order valence-electron chi connectivity index (χ0n) is 16.9. The molecule has 0 amide bonds. The second kappa shape index (κ2) is 8.75. The van der Waals surface area contributed by atoms with Crippen LogP contribution in [0.5, 0.6) is 0 Å². The fraction of sp³-hybridized carbons (Fsp3) is 0.450. The summed E-state index contributed by atoms with van der Waals surface area (Å²) in [6.45, 7) is -0.499. The van der Waals surface area contributed by atoms with E-state index in [1.165, 1.54) is 11.3 Å². The first-order valence-corrected chi connectivity index (χ1v) is 10.7. The van der Waals surface area contributed by atoms with Gasteiger partial charge < -0.3 is 20.8 Å². The summed E-state index contributed by atoms with van der Waals surface area (Å²) in [5, 5.41) is 26.1. The molecule has 0 radical (unpaired) electrons. The second-order valence-corrected chi connectivity index (χ2v) is 8.72. The van der Waals surface area contributed by atoms with E-state index < -0.39 is 43.6 Å². The van der Waals surface area contributed by atoms with Crippen LogP contribution in [0, 0.1) is 12.8 Å². The van der Waals surface area contributed by atoms with Gasteiger partial charge in [0.2, 0.25) is 5.95 Å². The molecule has 32 heavy (non-hydrogen) atoms. The Balaban J connectivity index is 1.74. The number of nitrogens with one attached hydrogen (secondary N) is 2. The number of aliphatic hydroxyl groups excluding tert-OH is 2. The van der Waals surface area contributed by atoms with Crippen molar-refractivity contribution >= 4 is 33.3 Å². The van der Waals surface area contributed by atoms with Crippen LogP contribution >= 0.6 is 11.3 Å². The maximum atomic E-state index is 13.2. The maximum Gasteiger partial charge on any atom is 0.405 e. The first kappa shape index (κ1) is 22.6. The van der Waals surface area contributed by atoms with Gasteiger partial charge in [-0.05, 0) is 25.5 Å². The number of halogens is 4. The van der Waals surface area contributed by atoms with Crippen molar-refractivity contribution in [1.29, 1.82) is 0 Å². The van der Waals surface area contributed by atoms with Gasteiger partial charge in [0, 0.05) is 5.92 Å². The van der Waals surface area contributed by atoms with Crippen molar-refractivity contribution < 1.29 is 27.8 Å². The molecule has 172 valence electrons. The molecule has 2 aromatic heterocycles. The number of rotatable bonds is 6. The first-order valence-electron chi connectivity index (χ1n) is 9.90.